The van der Waals surface area contributed by atoms with Crippen LogP contribution in [0.2, 0.25) is 0 Å². The number of nitrogens with one attached hydrogen (secondary N) is 1. The van der Waals surface area contributed by atoms with Gasteiger partial charge in [0.05, 0.1) is 6.04 Å². The van der Waals surface area contributed by atoms with E-state index in [-0.39, 0.29) is 10.7 Å². The highest BCUT2D eigenvalue weighted by molar-refractivity contribution is 8.16. The Bertz CT molecular complexity index is 414. The van der Waals surface area contributed by atoms with Gasteiger partial charge in [0, 0.05) is 0 Å². The van der Waals surface area contributed by atoms with E-state index in [2.05, 4.69) is 5.32 Å². The first kappa shape index (κ1) is 11.3. The number of nitrogens with zero attached hydrogens (tertiary/aromatic N) is 1. The molecule has 1 spiro atoms. The van der Waals surface area contributed by atoms with Gasteiger partial charge in [-0.05, 0) is 43.9 Å². The van der Waals surface area contributed by atoms with Crippen LogP contribution in [0.3, 0.4) is 0 Å². The Morgan fingerprint density at radius 1 is 1.22 bits per heavy atom. The molecule has 3 saturated carbocycles. The van der Waals surface area contributed by atoms with Gasteiger partial charge in [0.15, 0.2) is 5.17 Å². The lowest BCUT2D eigenvalue weighted by molar-refractivity contribution is -0.121. The van der Waals surface area contributed by atoms with Crippen molar-refractivity contribution < 1.29 is 4.79 Å². The monoisotopic (exact) mass is 264 g/mol. The summed E-state index contributed by atoms with van der Waals surface area (Å²) in [7, 11) is 0. The average molecular weight is 264 g/mol. The summed E-state index contributed by atoms with van der Waals surface area (Å²) in [5.74, 6) is 1.96. The van der Waals surface area contributed by atoms with E-state index in [0.29, 0.717) is 6.04 Å². The van der Waals surface area contributed by atoms with Crippen molar-refractivity contribution in [3.8, 4) is 0 Å². The number of thioether (sulfide) groups is 1. The van der Waals surface area contributed by atoms with Crippen molar-refractivity contribution in [3.63, 3.8) is 0 Å². The van der Waals surface area contributed by atoms with Crippen molar-refractivity contribution in [2.45, 2.75) is 62.2 Å². The molecule has 3 aliphatic carbocycles. The fourth-order valence-electron chi connectivity index (χ4n) is 4.32. The number of rotatable bonds is 1. The Kier molecular flexibility index (Phi) is 2.51. The Hall–Kier alpha value is -0.510. The summed E-state index contributed by atoms with van der Waals surface area (Å²) in [6.07, 6.45) is 9.89. The Morgan fingerprint density at radius 3 is 2.72 bits per heavy atom. The SMILES string of the molecule is O=C1NC(=N[C@H]2C[C@@H]3CC[C@H]2C3)SC12CCCC2. The summed E-state index contributed by atoms with van der Waals surface area (Å²) >= 11 is 1.73. The van der Waals surface area contributed by atoms with Crippen molar-refractivity contribution in [3.05, 3.63) is 0 Å². The molecule has 1 amide bonds. The second-order valence-electron chi connectivity index (χ2n) is 6.43. The van der Waals surface area contributed by atoms with Crippen LogP contribution in [-0.4, -0.2) is 21.9 Å². The van der Waals surface area contributed by atoms with Crippen LogP contribution in [0, 0.1) is 11.8 Å². The van der Waals surface area contributed by atoms with Crippen molar-refractivity contribution in [1.82, 2.24) is 5.32 Å². The second kappa shape index (κ2) is 3.99. The van der Waals surface area contributed by atoms with Crippen molar-refractivity contribution in [1.29, 1.82) is 0 Å². The fraction of sp³-hybridized carbons (Fsp3) is 0.857. The molecule has 0 aromatic carbocycles. The van der Waals surface area contributed by atoms with Crippen LogP contribution < -0.4 is 5.32 Å². The summed E-state index contributed by atoms with van der Waals surface area (Å²) in [4.78, 5) is 17.0. The minimum atomic E-state index is -0.142. The molecule has 3 atom stereocenters. The van der Waals surface area contributed by atoms with Crippen molar-refractivity contribution in [2.75, 3.05) is 0 Å². The summed E-state index contributed by atoms with van der Waals surface area (Å²) in [6, 6.07) is 0.503. The van der Waals surface area contributed by atoms with Gasteiger partial charge in [0.25, 0.3) is 0 Å². The van der Waals surface area contributed by atoms with E-state index in [4.69, 9.17) is 4.99 Å². The Labute approximate surface area is 112 Å². The molecular weight excluding hydrogens is 244 g/mol. The number of carbonyl (C=O) groups excluding carboxylic acids is 1. The molecule has 1 saturated heterocycles. The van der Waals surface area contributed by atoms with Gasteiger partial charge in [-0.25, -0.2) is 0 Å². The second-order valence-corrected chi connectivity index (χ2v) is 7.81. The first-order chi connectivity index (χ1) is 8.75. The molecule has 0 radical (unpaired) electrons. The molecule has 1 aliphatic heterocycles. The smallest absolute Gasteiger partial charge is 0.242 e. The lowest BCUT2D eigenvalue weighted by Crippen LogP contribution is -2.34. The number of fused-ring (bicyclic) bond motifs is 2. The normalized spacial score (nSPS) is 43.2. The predicted molar refractivity (Wildman–Crippen MR) is 73.6 cm³/mol. The number of hydrogen-bond donors (Lipinski definition) is 1. The maximum Gasteiger partial charge on any atom is 0.242 e. The first-order valence-corrected chi connectivity index (χ1v) is 8.15. The number of carbonyl (C=O) groups is 1. The van der Waals surface area contributed by atoms with Gasteiger partial charge >= 0.3 is 0 Å². The van der Waals surface area contributed by atoms with Crippen LogP contribution in [-0.2, 0) is 4.79 Å². The van der Waals surface area contributed by atoms with E-state index in [0.717, 1.165) is 29.8 Å². The quantitative estimate of drug-likeness (QED) is 0.791. The molecule has 18 heavy (non-hydrogen) atoms. The zero-order valence-corrected chi connectivity index (χ0v) is 11.5. The molecule has 4 fully saturated rings. The van der Waals surface area contributed by atoms with E-state index in [1.165, 1.54) is 38.5 Å². The molecule has 1 N–H and O–H groups in total. The molecule has 98 valence electrons. The molecule has 4 heteroatoms. The van der Waals surface area contributed by atoms with E-state index >= 15 is 0 Å². The molecule has 0 unspecified atom stereocenters. The third kappa shape index (κ3) is 1.64. The topological polar surface area (TPSA) is 41.5 Å². The molecular formula is C14H20N2OS. The third-order valence-corrected chi connectivity index (χ3v) is 6.71. The maximum absolute atomic E-state index is 12.1. The lowest BCUT2D eigenvalue weighted by atomic mass is 9.96. The van der Waals surface area contributed by atoms with Crippen LogP contribution >= 0.6 is 11.8 Å². The molecule has 4 aliphatic rings. The van der Waals surface area contributed by atoms with Gasteiger partial charge in [-0.3, -0.25) is 9.79 Å². The number of amides is 1. The molecule has 0 aromatic rings. The highest BCUT2D eigenvalue weighted by Crippen LogP contribution is 2.48. The summed E-state index contributed by atoms with van der Waals surface area (Å²) in [5, 5.41) is 3.98. The number of amidine groups is 1. The minimum absolute atomic E-state index is 0.142. The summed E-state index contributed by atoms with van der Waals surface area (Å²) in [5.41, 5.74) is 0. The van der Waals surface area contributed by atoms with E-state index in [1.807, 2.05) is 0 Å². The molecule has 4 rings (SSSR count). The zero-order chi connectivity index (χ0) is 12.2. The third-order valence-electron chi connectivity index (χ3n) is 5.32. The Morgan fingerprint density at radius 2 is 2.06 bits per heavy atom. The highest BCUT2D eigenvalue weighted by atomic mass is 32.2. The molecule has 2 bridgehead atoms. The van der Waals surface area contributed by atoms with Crippen LogP contribution in [0.15, 0.2) is 4.99 Å². The van der Waals surface area contributed by atoms with Crippen molar-refractivity contribution in [2.24, 2.45) is 16.8 Å². The largest absolute Gasteiger partial charge is 0.304 e. The Balaban J connectivity index is 1.51. The minimum Gasteiger partial charge on any atom is -0.304 e. The van der Waals surface area contributed by atoms with Gasteiger partial charge in [0.1, 0.15) is 4.75 Å². The van der Waals surface area contributed by atoms with E-state index in [9.17, 15) is 4.79 Å². The standard InChI is InChI=1S/C14H20N2OS/c17-12-14(5-1-2-6-14)18-13(16-12)15-11-8-9-3-4-10(11)7-9/h9-11H,1-8H2,(H,15,16,17)/t9-,10+,11+/m1/s1. The lowest BCUT2D eigenvalue weighted by Gasteiger charge is -2.18. The van der Waals surface area contributed by atoms with E-state index < -0.39 is 0 Å². The molecule has 0 aromatic heterocycles. The van der Waals surface area contributed by atoms with Crippen molar-refractivity contribution >= 4 is 22.8 Å². The van der Waals surface area contributed by atoms with Crippen LogP contribution in [0.5, 0.6) is 0 Å². The van der Waals surface area contributed by atoms with E-state index in [1.54, 1.807) is 11.8 Å². The average Bonchev–Trinajstić information content (AvgIpc) is 3.06. The maximum atomic E-state index is 12.1. The predicted octanol–water partition coefficient (Wildman–Crippen LogP) is 2.71. The van der Waals surface area contributed by atoms with Gasteiger partial charge in [0.2, 0.25) is 5.91 Å². The van der Waals surface area contributed by atoms with Gasteiger partial charge in [-0.1, -0.05) is 31.0 Å². The fourth-order valence-corrected chi connectivity index (χ4v) is 5.66. The van der Waals surface area contributed by atoms with Crippen LogP contribution in [0.25, 0.3) is 0 Å². The number of aliphatic imine (C=N–C) groups is 1. The first-order valence-electron chi connectivity index (χ1n) is 7.33. The summed E-state index contributed by atoms with van der Waals surface area (Å²) < 4.78 is -0.142. The number of hydrogen-bond acceptors (Lipinski definition) is 3. The zero-order valence-electron chi connectivity index (χ0n) is 10.7. The van der Waals surface area contributed by atoms with Gasteiger partial charge in [-0.2, -0.15) is 0 Å². The summed E-state index contributed by atoms with van der Waals surface area (Å²) in [6.45, 7) is 0. The van der Waals surface area contributed by atoms with Crippen LogP contribution in [0.4, 0.5) is 0 Å². The van der Waals surface area contributed by atoms with Gasteiger partial charge < -0.3 is 5.32 Å². The highest BCUT2D eigenvalue weighted by Gasteiger charge is 2.49. The molecule has 1 heterocycles. The molecule has 3 nitrogen and oxygen atoms in total. The van der Waals surface area contributed by atoms with Gasteiger partial charge in [-0.15, -0.1) is 0 Å². The van der Waals surface area contributed by atoms with Crippen LogP contribution in [0.1, 0.15) is 51.4 Å².